The van der Waals surface area contributed by atoms with Crippen molar-refractivity contribution in [3.05, 3.63) is 0 Å². The zero-order valence-corrected chi connectivity index (χ0v) is 10.4. The molecule has 0 aliphatic carbocycles. The van der Waals surface area contributed by atoms with Gasteiger partial charge in [-0.1, -0.05) is 26.7 Å². The van der Waals surface area contributed by atoms with Gasteiger partial charge < -0.3 is 10.0 Å². The summed E-state index contributed by atoms with van der Waals surface area (Å²) in [5, 5.41) is 8.74. The number of unbranched alkanes of at least 4 members (excludes halogenated alkanes) is 1. The first kappa shape index (κ1) is 13.0. The van der Waals surface area contributed by atoms with E-state index in [1.54, 1.807) is 0 Å². The largest absolute Gasteiger partial charge is 0.396 e. The molecule has 0 aromatic rings. The lowest BCUT2D eigenvalue weighted by molar-refractivity contribution is 0.250. The molecule has 0 aromatic heterocycles. The third kappa shape index (κ3) is 4.12. The van der Waals surface area contributed by atoms with Crippen LogP contribution in [0.15, 0.2) is 0 Å². The molecule has 1 saturated heterocycles. The lowest BCUT2D eigenvalue weighted by Gasteiger charge is -2.21. The van der Waals surface area contributed by atoms with Gasteiger partial charge in [-0.15, -0.1) is 0 Å². The first-order chi connectivity index (χ1) is 7.31. The Morgan fingerprint density at radius 2 is 2.00 bits per heavy atom. The minimum atomic E-state index is 0.351. The van der Waals surface area contributed by atoms with Crippen molar-refractivity contribution in [2.45, 2.75) is 46.0 Å². The molecule has 0 saturated carbocycles. The topological polar surface area (TPSA) is 23.5 Å². The van der Waals surface area contributed by atoms with E-state index in [1.165, 1.54) is 38.9 Å². The number of hydrogen-bond donors (Lipinski definition) is 1. The maximum Gasteiger partial charge on any atom is 0.0431 e. The molecule has 90 valence electrons. The Kier molecular flexibility index (Phi) is 6.26. The van der Waals surface area contributed by atoms with Crippen molar-refractivity contribution in [3.63, 3.8) is 0 Å². The minimum absolute atomic E-state index is 0.351. The highest BCUT2D eigenvalue weighted by atomic mass is 16.2. The molecule has 1 N–H and O–H groups in total. The third-order valence-electron chi connectivity index (χ3n) is 3.91. The summed E-state index contributed by atoms with van der Waals surface area (Å²) in [6.45, 7) is 8.77. The molecule has 0 aromatic carbocycles. The maximum atomic E-state index is 8.74. The Labute approximate surface area is 94.7 Å². The standard InChI is InChI=1S/C13H27NO/c1-3-12(4-2)13-7-9-14(11-13)8-5-6-10-15/h12-13,15H,3-11H2,1-2H3. The smallest absolute Gasteiger partial charge is 0.0431 e. The lowest BCUT2D eigenvalue weighted by Crippen LogP contribution is -2.24. The van der Waals surface area contributed by atoms with Crippen LogP contribution in [0.1, 0.15) is 46.0 Å². The van der Waals surface area contributed by atoms with E-state index in [0.717, 1.165) is 24.7 Å². The molecular weight excluding hydrogens is 186 g/mol. The monoisotopic (exact) mass is 213 g/mol. The van der Waals surface area contributed by atoms with E-state index in [9.17, 15) is 0 Å². The fraction of sp³-hybridized carbons (Fsp3) is 1.00. The van der Waals surface area contributed by atoms with Crippen molar-refractivity contribution in [2.75, 3.05) is 26.2 Å². The molecule has 0 amide bonds. The summed E-state index contributed by atoms with van der Waals surface area (Å²) < 4.78 is 0. The fourth-order valence-electron chi connectivity index (χ4n) is 2.85. The predicted molar refractivity (Wildman–Crippen MR) is 64.9 cm³/mol. The Morgan fingerprint density at radius 3 is 2.60 bits per heavy atom. The normalized spacial score (nSPS) is 22.8. The molecule has 1 unspecified atom stereocenters. The highest BCUT2D eigenvalue weighted by molar-refractivity contribution is 4.79. The van der Waals surface area contributed by atoms with Crippen LogP contribution in [0.4, 0.5) is 0 Å². The third-order valence-corrected chi connectivity index (χ3v) is 3.91. The number of nitrogens with zero attached hydrogens (tertiary/aromatic N) is 1. The highest BCUT2D eigenvalue weighted by Crippen LogP contribution is 2.28. The molecule has 1 fully saturated rings. The minimum Gasteiger partial charge on any atom is -0.396 e. The molecule has 1 rings (SSSR count). The molecule has 2 heteroatoms. The van der Waals surface area contributed by atoms with Gasteiger partial charge in [-0.05, 0) is 44.2 Å². The molecule has 1 atom stereocenters. The van der Waals surface area contributed by atoms with E-state index >= 15 is 0 Å². The first-order valence-electron chi connectivity index (χ1n) is 6.65. The summed E-state index contributed by atoms with van der Waals surface area (Å²) in [5.74, 6) is 1.88. The van der Waals surface area contributed by atoms with Gasteiger partial charge in [0.1, 0.15) is 0 Å². The summed E-state index contributed by atoms with van der Waals surface area (Å²) >= 11 is 0. The van der Waals surface area contributed by atoms with Crippen molar-refractivity contribution in [2.24, 2.45) is 11.8 Å². The second-order valence-electron chi connectivity index (χ2n) is 4.86. The van der Waals surface area contributed by atoms with Gasteiger partial charge in [-0.25, -0.2) is 0 Å². The van der Waals surface area contributed by atoms with E-state index in [4.69, 9.17) is 5.11 Å². The van der Waals surface area contributed by atoms with Gasteiger partial charge in [0.05, 0.1) is 0 Å². The average Bonchev–Trinajstić information content (AvgIpc) is 2.69. The molecule has 0 spiro atoms. The fourth-order valence-corrected chi connectivity index (χ4v) is 2.85. The van der Waals surface area contributed by atoms with Crippen molar-refractivity contribution >= 4 is 0 Å². The molecule has 1 aliphatic heterocycles. The van der Waals surface area contributed by atoms with Crippen LogP contribution in [0.2, 0.25) is 0 Å². The van der Waals surface area contributed by atoms with Gasteiger partial charge in [0.15, 0.2) is 0 Å². The zero-order valence-electron chi connectivity index (χ0n) is 10.4. The molecule has 0 bridgehead atoms. The second-order valence-corrected chi connectivity index (χ2v) is 4.86. The van der Waals surface area contributed by atoms with Crippen molar-refractivity contribution in [1.82, 2.24) is 4.90 Å². The van der Waals surface area contributed by atoms with E-state index in [2.05, 4.69) is 18.7 Å². The Bertz CT molecular complexity index is 157. The van der Waals surface area contributed by atoms with Crippen molar-refractivity contribution < 1.29 is 5.11 Å². The second kappa shape index (κ2) is 7.24. The van der Waals surface area contributed by atoms with Gasteiger partial charge in [0.2, 0.25) is 0 Å². The van der Waals surface area contributed by atoms with Crippen LogP contribution < -0.4 is 0 Å². The van der Waals surface area contributed by atoms with E-state index in [-0.39, 0.29) is 0 Å². The van der Waals surface area contributed by atoms with Crippen LogP contribution in [0.3, 0.4) is 0 Å². The summed E-state index contributed by atoms with van der Waals surface area (Å²) in [4.78, 5) is 2.58. The van der Waals surface area contributed by atoms with Crippen LogP contribution in [-0.2, 0) is 0 Å². The number of aliphatic hydroxyl groups excluding tert-OH is 1. The summed E-state index contributed by atoms with van der Waals surface area (Å²) in [7, 11) is 0. The van der Waals surface area contributed by atoms with Crippen LogP contribution >= 0.6 is 0 Å². The van der Waals surface area contributed by atoms with E-state index in [1.807, 2.05) is 0 Å². The van der Waals surface area contributed by atoms with Gasteiger partial charge >= 0.3 is 0 Å². The average molecular weight is 213 g/mol. The number of rotatable bonds is 7. The molecule has 1 heterocycles. The molecule has 2 nitrogen and oxygen atoms in total. The number of aliphatic hydroxyl groups is 1. The summed E-state index contributed by atoms with van der Waals surface area (Å²) in [5.41, 5.74) is 0. The highest BCUT2D eigenvalue weighted by Gasteiger charge is 2.26. The van der Waals surface area contributed by atoms with Crippen molar-refractivity contribution in [1.29, 1.82) is 0 Å². The summed E-state index contributed by atoms with van der Waals surface area (Å²) in [6, 6.07) is 0. The molecule has 15 heavy (non-hydrogen) atoms. The number of hydrogen-bond acceptors (Lipinski definition) is 2. The molecule has 1 aliphatic rings. The first-order valence-corrected chi connectivity index (χ1v) is 6.65. The van der Waals surface area contributed by atoms with E-state index < -0.39 is 0 Å². The number of likely N-dealkylation sites (tertiary alicyclic amines) is 1. The van der Waals surface area contributed by atoms with Gasteiger partial charge in [-0.3, -0.25) is 0 Å². The molecular formula is C13H27NO. The quantitative estimate of drug-likeness (QED) is 0.657. The Balaban J connectivity index is 2.19. The van der Waals surface area contributed by atoms with Crippen LogP contribution in [0.5, 0.6) is 0 Å². The zero-order chi connectivity index (χ0) is 11.1. The van der Waals surface area contributed by atoms with Gasteiger partial charge in [-0.2, -0.15) is 0 Å². The van der Waals surface area contributed by atoms with Gasteiger partial charge in [0, 0.05) is 13.2 Å². The Hall–Kier alpha value is -0.0800. The van der Waals surface area contributed by atoms with Crippen LogP contribution in [0.25, 0.3) is 0 Å². The summed E-state index contributed by atoms with van der Waals surface area (Å²) in [6.07, 6.45) is 6.20. The Morgan fingerprint density at radius 1 is 1.27 bits per heavy atom. The molecule has 0 radical (unpaired) electrons. The van der Waals surface area contributed by atoms with Crippen LogP contribution in [-0.4, -0.2) is 36.2 Å². The van der Waals surface area contributed by atoms with Crippen molar-refractivity contribution in [3.8, 4) is 0 Å². The van der Waals surface area contributed by atoms with E-state index in [0.29, 0.717) is 6.61 Å². The van der Waals surface area contributed by atoms with Crippen LogP contribution in [0, 0.1) is 11.8 Å². The van der Waals surface area contributed by atoms with Gasteiger partial charge in [0.25, 0.3) is 0 Å². The SMILES string of the molecule is CCC(CC)C1CCN(CCCCO)C1. The lowest BCUT2D eigenvalue weighted by atomic mass is 9.87. The predicted octanol–water partition coefficient (Wildman–Crippen LogP) is 2.52. The maximum absolute atomic E-state index is 8.74.